The zero-order valence-corrected chi connectivity index (χ0v) is 14.0. The highest BCUT2D eigenvalue weighted by Gasteiger charge is 2.16. The fourth-order valence-corrected chi connectivity index (χ4v) is 2.92. The van der Waals surface area contributed by atoms with Gasteiger partial charge in [-0.05, 0) is 43.6 Å². The fraction of sp³-hybridized carbons (Fsp3) is 0.529. The number of amides is 1. The van der Waals surface area contributed by atoms with E-state index in [4.69, 9.17) is 12.2 Å². The van der Waals surface area contributed by atoms with Crippen LogP contribution in [-0.2, 0) is 4.79 Å². The van der Waals surface area contributed by atoms with E-state index in [9.17, 15) is 4.79 Å². The molecule has 0 aromatic heterocycles. The summed E-state index contributed by atoms with van der Waals surface area (Å²) in [5.74, 6) is -0.00963. The summed E-state index contributed by atoms with van der Waals surface area (Å²) >= 11 is 5.26. The van der Waals surface area contributed by atoms with Crippen LogP contribution in [-0.4, -0.2) is 24.1 Å². The highest BCUT2D eigenvalue weighted by molar-refractivity contribution is 7.80. The fourth-order valence-electron chi connectivity index (χ4n) is 2.69. The maximum atomic E-state index is 11.8. The van der Waals surface area contributed by atoms with Crippen LogP contribution in [0.4, 0.5) is 11.4 Å². The second kappa shape index (κ2) is 8.73. The van der Waals surface area contributed by atoms with Gasteiger partial charge in [0.15, 0.2) is 5.11 Å². The van der Waals surface area contributed by atoms with Gasteiger partial charge in [-0.2, -0.15) is 0 Å². The van der Waals surface area contributed by atoms with Crippen LogP contribution in [0.3, 0.4) is 0 Å². The number of carbonyl (C=O) groups is 1. The summed E-state index contributed by atoms with van der Waals surface area (Å²) in [6, 6.07) is 8.11. The molecule has 22 heavy (non-hydrogen) atoms. The molecule has 0 aliphatic carbocycles. The predicted octanol–water partition coefficient (Wildman–Crippen LogP) is 3.68. The van der Waals surface area contributed by atoms with E-state index in [0.717, 1.165) is 43.7 Å². The van der Waals surface area contributed by atoms with Crippen LogP contribution in [0.15, 0.2) is 24.3 Å². The molecule has 0 unspecified atom stereocenters. The molecule has 0 radical (unpaired) electrons. The van der Waals surface area contributed by atoms with E-state index in [1.54, 1.807) is 0 Å². The van der Waals surface area contributed by atoms with Crippen LogP contribution in [0.5, 0.6) is 0 Å². The van der Waals surface area contributed by atoms with E-state index < -0.39 is 0 Å². The number of unbranched alkanes of at least 4 members (excludes halogenated alkanes) is 2. The Balaban J connectivity index is 1.90. The molecule has 2 rings (SSSR count). The molecule has 120 valence electrons. The average Bonchev–Trinajstić information content (AvgIpc) is 3.02. The number of hydrogen-bond donors (Lipinski definition) is 2. The monoisotopic (exact) mass is 319 g/mol. The lowest BCUT2D eigenvalue weighted by atomic mass is 10.2. The van der Waals surface area contributed by atoms with E-state index in [2.05, 4.69) is 28.5 Å². The summed E-state index contributed by atoms with van der Waals surface area (Å²) < 4.78 is 0. The number of nitrogens with zero attached hydrogens (tertiary/aromatic N) is 1. The van der Waals surface area contributed by atoms with Crippen LogP contribution < -0.4 is 15.5 Å². The summed E-state index contributed by atoms with van der Waals surface area (Å²) in [6.45, 7) is 4.28. The molecule has 2 N–H and O–H groups in total. The van der Waals surface area contributed by atoms with Crippen molar-refractivity contribution in [2.24, 2.45) is 0 Å². The molecule has 0 spiro atoms. The number of carbonyl (C=O) groups excluding carboxylic acids is 1. The van der Waals surface area contributed by atoms with Crippen molar-refractivity contribution in [2.75, 3.05) is 23.3 Å². The molecule has 1 aliphatic rings. The van der Waals surface area contributed by atoms with E-state index in [1.165, 1.54) is 12.8 Å². The van der Waals surface area contributed by atoms with Crippen molar-refractivity contribution in [3.63, 3.8) is 0 Å². The van der Waals surface area contributed by atoms with Gasteiger partial charge in [-0.25, -0.2) is 0 Å². The van der Waals surface area contributed by atoms with Gasteiger partial charge in [0.05, 0.1) is 11.4 Å². The van der Waals surface area contributed by atoms with Gasteiger partial charge < -0.3 is 15.5 Å². The molecule has 5 heteroatoms. The third-order valence-corrected chi connectivity index (χ3v) is 4.06. The zero-order chi connectivity index (χ0) is 15.8. The molecule has 1 aromatic carbocycles. The van der Waals surface area contributed by atoms with Crippen LogP contribution in [0.1, 0.15) is 45.4 Å². The number of rotatable bonds is 6. The van der Waals surface area contributed by atoms with E-state index >= 15 is 0 Å². The Hall–Kier alpha value is -1.62. The lowest BCUT2D eigenvalue weighted by Gasteiger charge is -2.22. The second-order valence-electron chi connectivity index (χ2n) is 5.67. The number of hydrogen-bond acceptors (Lipinski definition) is 3. The Morgan fingerprint density at radius 2 is 1.95 bits per heavy atom. The molecule has 1 heterocycles. The van der Waals surface area contributed by atoms with Crippen LogP contribution >= 0.6 is 12.2 Å². The molecule has 1 amide bonds. The van der Waals surface area contributed by atoms with Gasteiger partial charge in [0.2, 0.25) is 5.91 Å². The maximum absolute atomic E-state index is 11.8. The first kappa shape index (κ1) is 16.7. The Bertz CT molecular complexity index is 512. The largest absolute Gasteiger partial charge is 0.370 e. The number of anilines is 2. The topological polar surface area (TPSA) is 44.4 Å². The van der Waals surface area contributed by atoms with Crippen molar-refractivity contribution >= 4 is 34.6 Å². The Labute approximate surface area is 138 Å². The molecule has 1 saturated heterocycles. The van der Waals surface area contributed by atoms with Gasteiger partial charge in [0.1, 0.15) is 0 Å². The lowest BCUT2D eigenvalue weighted by molar-refractivity contribution is -0.119. The van der Waals surface area contributed by atoms with Gasteiger partial charge in [0, 0.05) is 19.5 Å². The van der Waals surface area contributed by atoms with E-state index in [1.807, 2.05) is 18.2 Å². The van der Waals surface area contributed by atoms with Crippen molar-refractivity contribution in [2.45, 2.75) is 45.4 Å². The molecule has 0 atom stereocenters. The first-order valence-electron chi connectivity index (χ1n) is 8.15. The number of nitrogens with one attached hydrogen (secondary N) is 2. The number of para-hydroxylation sites is 2. The van der Waals surface area contributed by atoms with Crippen LogP contribution in [0.2, 0.25) is 0 Å². The summed E-state index contributed by atoms with van der Waals surface area (Å²) in [7, 11) is 0. The van der Waals surface area contributed by atoms with Crippen molar-refractivity contribution in [1.82, 2.24) is 5.32 Å². The van der Waals surface area contributed by atoms with Gasteiger partial charge in [-0.1, -0.05) is 31.9 Å². The molecular formula is C17H25N3OS. The molecule has 1 aromatic rings. The van der Waals surface area contributed by atoms with Crippen molar-refractivity contribution in [3.05, 3.63) is 24.3 Å². The summed E-state index contributed by atoms with van der Waals surface area (Å²) in [4.78, 5) is 14.2. The zero-order valence-electron chi connectivity index (χ0n) is 13.2. The third-order valence-electron chi connectivity index (χ3n) is 3.86. The maximum Gasteiger partial charge on any atom is 0.226 e. The van der Waals surface area contributed by atoms with Crippen molar-refractivity contribution in [1.29, 1.82) is 0 Å². The lowest BCUT2D eigenvalue weighted by Crippen LogP contribution is -2.34. The SMILES string of the molecule is CCCCCC(=O)NC(=S)Nc1ccccc1N1CCCC1. The molecule has 1 fully saturated rings. The van der Waals surface area contributed by atoms with Crippen LogP contribution in [0, 0.1) is 0 Å². The standard InChI is InChI=1S/C17H25N3OS/c1-2-3-4-11-16(21)19-17(22)18-14-9-5-6-10-15(14)20-12-7-8-13-20/h5-6,9-10H,2-4,7-8,11-13H2,1H3,(H2,18,19,21,22). The summed E-state index contributed by atoms with van der Waals surface area (Å²) in [5, 5.41) is 6.32. The van der Waals surface area contributed by atoms with Gasteiger partial charge in [-0.15, -0.1) is 0 Å². The molecule has 4 nitrogen and oxygen atoms in total. The molecule has 1 aliphatic heterocycles. The number of benzene rings is 1. The first-order chi connectivity index (χ1) is 10.7. The smallest absolute Gasteiger partial charge is 0.226 e. The molecular weight excluding hydrogens is 294 g/mol. The quantitative estimate of drug-likeness (QED) is 0.620. The minimum absolute atomic E-state index is 0.00963. The van der Waals surface area contributed by atoms with Gasteiger partial charge in [-0.3, -0.25) is 4.79 Å². The van der Waals surface area contributed by atoms with Gasteiger partial charge >= 0.3 is 0 Å². The Kier molecular flexibility index (Phi) is 6.65. The van der Waals surface area contributed by atoms with Gasteiger partial charge in [0.25, 0.3) is 0 Å². The summed E-state index contributed by atoms with van der Waals surface area (Å²) in [5.41, 5.74) is 2.12. The Morgan fingerprint density at radius 3 is 2.68 bits per heavy atom. The van der Waals surface area contributed by atoms with Crippen molar-refractivity contribution in [3.8, 4) is 0 Å². The number of thiocarbonyl (C=S) groups is 1. The minimum Gasteiger partial charge on any atom is -0.370 e. The third kappa shape index (κ3) is 4.98. The minimum atomic E-state index is -0.00963. The highest BCUT2D eigenvalue weighted by atomic mass is 32.1. The van der Waals surface area contributed by atoms with E-state index in [0.29, 0.717) is 11.5 Å². The van der Waals surface area contributed by atoms with E-state index in [-0.39, 0.29) is 5.91 Å². The van der Waals surface area contributed by atoms with Crippen molar-refractivity contribution < 1.29 is 4.79 Å². The molecule has 0 bridgehead atoms. The predicted molar refractivity (Wildman–Crippen MR) is 96.4 cm³/mol. The second-order valence-corrected chi connectivity index (χ2v) is 6.08. The highest BCUT2D eigenvalue weighted by Crippen LogP contribution is 2.28. The average molecular weight is 319 g/mol. The molecule has 0 saturated carbocycles. The van der Waals surface area contributed by atoms with Crippen LogP contribution in [0.25, 0.3) is 0 Å². The first-order valence-corrected chi connectivity index (χ1v) is 8.56. The Morgan fingerprint density at radius 1 is 1.23 bits per heavy atom. The summed E-state index contributed by atoms with van der Waals surface area (Å²) in [6.07, 6.45) is 6.09. The normalized spacial score (nSPS) is 14.0.